The highest BCUT2D eigenvalue weighted by molar-refractivity contribution is 6.42. The van der Waals surface area contributed by atoms with Crippen molar-refractivity contribution >= 4 is 40.7 Å². The van der Waals surface area contributed by atoms with Gasteiger partial charge in [0.2, 0.25) is 0 Å². The van der Waals surface area contributed by atoms with Gasteiger partial charge in [0.25, 0.3) is 5.91 Å². The van der Waals surface area contributed by atoms with Gasteiger partial charge in [-0.3, -0.25) is 14.8 Å². The molecule has 2 aromatic carbocycles. The first kappa shape index (κ1) is 21.1. The third kappa shape index (κ3) is 4.62. The summed E-state index contributed by atoms with van der Waals surface area (Å²) in [4.78, 5) is 16.8. The van der Waals surface area contributed by atoms with Gasteiger partial charge in [-0.05, 0) is 35.9 Å². The number of H-pyrrole nitrogens is 1. The van der Waals surface area contributed by atoms with Crippen LogP contribution in [0.1, 0.15) is 16.1 Å². The summed E-state index contributed by atoms with van der Waals surface area (Å²) in [5.41, 5.74) is 2.70. The molecule has 1 amide bonds. The van der Waals surface area contributed by atoms with Crippen LogP contribution in [0.5, 0.6) is 0 Å². The van der Waals surface area contributed by atoms with E-state index in [2.05, 4.69) is 15.1 Å². The van der Waals surface area contributed by atoms with E-state index in [0.717, 1.165) is 11.1 Å². The number of hydrogen-bond donors (Lipinski definition) is 1. The third-order valence-corrected chi connectivity index (χ3v) is 6.18. The number of carbonyl (C=O) groups excluding carboxylic acids is 1. The molecule has 0 spiro atoms. The number of piperazine rings is 1. The molecule has 0 aliphatic carbocycles. The highest BCUT2D eigenvalue weighted by atomic mass is 35.5. The van der Waals surface area contributed by atoms with E-state index in [-0.39, 0.29) is 11.7 Å². The van der Waals surface area contributed by atoms with Crippen molar-refractivity contribution in [3.63, 3.8) is 0 Å². The van der Waals surface area contributed by atoms with E-state index in [1.165, 1.54) is 12.1 Å². The topological polar surface area (TPSA) is 52.2 Å². The minimum absolute atomic E-state index is 0.103. The zero-order valence-corrected chi connectivity index (χ0v) is 18.1. The van der Waals surface area contributed by atoms with Crippen LogP contribution in [0.2, 0.25) is 15.1 Å². The molecule has 0 bridgehead atoms. The second-order valence-corrected chi connectivity index (χ2v) is 8.32. The number of benzene rings is 2. The second-order valence-electron chi connectivity index (χ2n) is 7.10. The van der Waals surface area contributed by atoms with Gasteiger partial charge in [0.1, 0.15) is 11.5 Å². The van der Waals surface area contributed by atoms with Crippen LogP contribution in [-0.4, -0.2) is 52.1 Å². The molecule has 1 aliphatic heterocycles. The largest absolute Gasteiger partial charge is 0.335 e. The van der Waals surface area contributed by atoms with Gasteiger partial charge in [-0.2, -0.15) is 5.10 Å². The number of aromatic nitrogens is 2. The molecule has 9 heteroatoms. The van der Waals surface area contributed by atoms with Crippen molar-refractivity contribution in [2.75, 3.05) is 26.2 Å². The maximum atomic E-state index is 13.2. The Kier molecular flexibility index (Phi) is 6.29. The van der Waals surface area contributed by atoms with Gasteiger partial charge in [-0.15, -0.1) is 0 Å². The van der Waals surface area contributed by atoms with Crippen LogP contribution >= 0.6 is 34.8 Å². The lowest BCUT2D eigenvalue weighted by atomic mass is 10.1. The summed E-state index contributed by atoms with van der Waals surface area (Å²) in [6.07, 6.45) is 0. The van der Waals surface area contributed by atoms with Crippen molar-refractivity contribution in [1.82, 2.24) is 20.0 Å². The van der Waals surface area contributed by atoms with Crippen LogP contribution in [0.4, 0.5) is 4.39 Å². The number of aromatic amines is 1. The van der Waals surface area contributed by atoms with Gasteiger partial charge in [-0.25, -0.2) is 4.39 Å². The fourth-order valence-electron chi connectivity index (χ4n) is 3.40. The summed E-state index contributed by atoms with van der Waals surface area (Å²) >= 11 is 18.1. The average molecular weight is 468 g/mol. The number of halogens is 4. The summed E-state index contributed by atoms with van der Waals surface area (Å²) in [6, 6.07) is 11.4. The van der Waals surface area contributed by atoms with Crippen molar-refractivity contribution < 1.29 is 9.18 Å². The predicted molar refractivity (Wildman–Crippen MR) is 117 cm³/mol. The molecule has 1 aliphatic rings. The SMILES string of the molecule is O=C(c1cc(-c2ccc(Cl)c(Cl)c2)n[nH]1)N1CCN(Cc2ccc(F)cc2Cl)CC1. The first-order chi connectivity index (χ1) is 14.4. The molecule has 1 fully saturated rings. The summed E-state index contributed by atoms with van der Waals surface area (Å²) < 4.78 is 13.2. The van der Waals surface area contributed by atoms with Crippen LogP contribution in [0.3, 0.4) is 0 Å². The quantitative estimate of drug-likeness (QED) is 0.578. The Bertz CT molecular complexity index is 1080. The van der Waals surface area contributed by atoms with Crippen molar-refractivity contribution in [3.8, 4) is 11.3 Å². The molecule has 4 rings (SSSR count). The first-order valence-corrected chi connectivity index (χ1v) is 10.5. The Morgan fingerprint density at radius 3 is 2.43 bits per heavy atom. The molecule has 0 saturated carbocycles. The summed E-state index contributed by atoms with van der Waals surface area (Å²) in [5.74, 6) is -0.452. The molecule has 1 N–H and O–H groups in total. The van der Waals surface area contributed by atoms with Crippen LogP contribution in [-0.2, 0) is 6.54 Å². The van der Waals surface area contributed by atoms with Crippen LogP contribution in [0.25, 0.3) is 11.3 Å². The van der Waals surface area contributed by atoms with Gasteiger partial charge < -0.3 is 4.90 Å². The number of rotatable bonds is 4. The van der Waals surface area contributed by atoms with Gasteiger partial charge in [0.05, 0.1) is 15.7 Å². The van der Waals surface area contributed by atoms with Crippen molar-refractivity contribution in [2.45, 2.75) is 6.54 Å². The maximum absolute atomic E-state index is 13.2. The van der Waals surface area contributed by atoms with E-state index < -0.39 is 0 Å². The number of hydrogen-bond acceptors (Lipinski definition) is 3. The summed E-state index contributed by atoms with van der Waals surface area (Å²) in [5, 5.41) is 8.36. The normalized spacial score (nSPS) is 14.9. The van der Waals surface area contributed by atoms with E-state index in [0.29, 0.717) is 59.2 Å². The first-order valence-electron chi connectivity index (χ1n) is 9.37. The minimum Gasteiger partial charge on any atom is -0.335 e. The Morgan fingerprint density at radius 2 is 1.73 bits per heavy atom. The van der Waals surface area contributed by atoms with Gasteiger partial charge >= 0.3 is 0 Å². The van der Waals surface area contributed by atoms with E-state index in [9.17, 15) is 9.18 Å². The Morgan fingerprint density at radius 1 is 0.967 bits per heavy atom. The molecule has 0 radical (unpaired) electrons. The average Bonchev–Trinajstić information content (AvgIpc) is 3.22. The lowest BCUT2D eigenvalue weighted by molar-refractivity contribution is 0.0622. The Labute approximate surface area is 188 Å². The van der Waals surface area contributed by atoms with E-state index in [1.807, 2.05) is 0 Å². The lowest BCUT2D eigenvalue weighted by Gasteiger charge is -2.34. The van der Waals surface area contributed by atoms with Gasteiger partial charge in [-0.1, -0.05) is 46.9 Å². The van der Waals surface area contributed by atoms with Crippen LogP contribution < -0.4 is 0 Å². The zero-order chi connectivity index (χ0) is 21.3. The molecule has 5 nitrogen and oxygen atoms in total. The van der Waals surface area contributed by atoms with Crippen LogP contribution in [0, 0.1) is 5.82 Å². The second kappa shape index (κ2) is 8.94. The molecular weight excluding hydrogens is 450 g/mol. The molecule has 3 aromatic rings. The van der Waals surface area contributed by atoms with Crippen molar-refractivity contribution in [2.24, 2.45) is 0 Å². The predicted octanol–water partition coefficient (Wildman–Crippen LogP) is 5.13. The van der Waals surface area contributed by atoms with Gasteiger partial charge in [0.15, 0.2) is 0 Å². The minimum atomic E-state index is -0.348. The molecule has 1 aromatic heterocycles. The fraction of sp³-hybridized carbons (Fsp3) is 0.238. The molecular formula is C21H18Cl3FN4O. The van der Waals surface area contributed by atoms with Gasteiger partial charge in [0, 0.05) is 43.3 Å². The fourth-order valence-corrected chi connectivity index (χ4v) is 3.93. The van der Waals surface area contributed by atoms with Crippen molar-refractivity contribution in [1.29, 1.82) is 0 Å². The molecule has 1 saturated heterocycles. The molecule has 0 atom stereocenters. The Balaban J connectivity index is 1.37. The van der Waals surface area contributed by atoms with Crippen LogP contribution in [0.15, 0.2) is 42.5 Å². The molecule has 2 heterocycles. The monoisotopic (exact) mass is 466 g/mol. The smallest absolute Gasteiger partial charge is 0.271 e. The summed E-state index contributed by atoms with van der Waals surface area (Å²) in [7, 11) is 0. The Hall–Kier alpha value is -2.12. The highest BCUT2D eigenvalue weighted by Crippen LogP contribution is 2.28. The van der Waals surface area contributed by atoms with E-state index >= 15 is 0 Å². The number of nitrogens with one attached hydrogen (secondary N) is 1. The molecule has 156 valence electrons. The van der Waals surface area contributed by atoms with Crippen molar-refractivity contribution in [3.05, 3.63) is 74.6 Å². The van der Waals surface area contributed by atoms with E-state index in [1.54, 1.807) is 35.2 Å². The standard InChI is InChI=1S/C21H18Cl3FN4O/c22-16-4-2-13(9-18(16)24)19-11-20(27-26-19)21(30)29-7-5-28(6-8-29)12-14-1-3-15(25)10-17(14)23/h1-4,9-11H,5-8,12H2,(H,26,27). The van der Waals surface area contributed by atoms with E-state index in [4.69, 9.17) is 34.8 Å². The number of carbonyl (C=O) groups is 1. The lowest BCUT2D eigenvalue weighted by Crippen LogP contribution is -2.48. The zero-order valence-electron chi connectivity index (χ0n) is 15.8. The number of nitrogens with zero attached hydrogens (tertiary/aromatic N) is 3. The molecule has 0 unspecified atom stereocenters. The highest BCUT2D eigenvalue weighted by Gasteiger charge is 2.24. The maximum Gasteiger partial charge on any atom is 0.271 e. The molecule has 30 heavy (non-hydrogen) atoms. The number of amides is 1. The summed E-state index contributed by atoms with van der Waals surface area (Å²) in [6.45, 7) is 3.19. The third-order valence-electron chi connectivity index (χ3n) is 5.09.